The number of anilines is 1. The van der Waals surface area contributed by atoms with Gasteiger partial charge in [0.05, 0.1) is 12.1 Å². The van der Waals surface area contributed by atoms with E-state index in [4.69, 9.17) is 16.3 Å². The molecule has 6 heteroatoms. The smallest absolute Gasteiger partial charge is 0.233 e. The standard InChI is InChI=1S/C19H21ClN2O3/c1-3-22(13-14-7-5-4-6-8-14)19(24)12-18(23)21-15-9-10-17(25-2)16(20)11-15/h4-11H,3,12-13H2,1-2H3,(H,21,23). The van der Waals surface area contributed by atoms with Crippen LogP contribution in [0.2, 0.25) is 5.02 Å². The number of hydrogen-bond acceptors (Lipinski definition) is 3. The number of ether oxygens (including phenoxy) is 1. The molecule has 2 rings (SSSR count). The van der Waals surface area contributed by atoms with Crippen LogP contribution in [0, 0.1) is 0 Å². The van der Waals surface area contributed by atoms with Gasteiger partial charge in [-0.15, -0.1) is 0 Å². The Morgan fingerprint density at radius 1 is 1.16 bits per heavy atom. The number of nitrogens with one attached hydrogen (secondary N) is 1. The van der Waals surface area contributed by atoms with E-state index < -0.39 is 0 Å². The van der Waals surface area contributed by atoms with Crippen molar-refractivity contribution >= 4 is 29.1 Å². The normalized spacial score (nSPS) is 10.2. The predicted molar refractivity (Wildman–Crippen MR) is 98.8 cm³/mol. The molecule has 1 N–H and O–H groups in total. The fraction of sp³-hybridized carbons (Fsp3) is 0.263. The lowest BCUT2D eigenvalue weighted by molar-refractivity contribution is -0.134. The van der Waals surface area contributed by atoms with Crippen LogP contribution in [-0.4, -0.2) is 30.4 Å². The first kappa shape index (κ1) is 18.8. The summed E-state index contributed by atoms with van der Waals surface area (Å²) >= 11 is 6.03. The van der Waals surface area contributed by atoms with Gasteiger partial charge in [-0.2, -0.15) is 0 Å². The molecule has 2 amide bonds. The summed E-state index contributed by atoms with van der Waals surface area (Å²) in [5.74, 6) is -0.0723. The summed E-state index contributed by atoms with van der Waals surface area (Å²) in [5, 5.41) is 3.08. The molecule has 0 atom stereocenters. The highest BCUT2D eigenvalue weighted by Gasteiger charge is 2.16. The maximum atomic E-state index is 12.4. The van der Waals surface area contributed by atoms with Gasteiger partial charge in [-0.05, 0) is 30.7 Å². The Morgan fingerprint density at radius 3 is 2.48 bits per heavy atom. The van der Waals surface area contributed by atoms with Crippen LogP contribution >= 0.6 is 11.6 Å². The van der Waals surface area contributed by atoms with Gasteiger partial charge in [0.25, 0.3) is 0 Å². The molecule has 5 nitrogen and oxygen atoms in total. The molecule has 0 aliphatic carbocycles. The topological polar surface area (TPSA) is 58.6 Å². The van der Waals surface area contributed by atoms with Gasteiger partial charge in [-0.1, -0.05) is 41.9 Å². The Hall–Kier alpha value is -2.53. The lowest BCUT2D eigenvalue weighted by Gasteiger charge is -2.21. The van der Waals surface area contributed by atoms with Gasteiger partial charge in [-0.25, -0.2) is 0 Å². The maximum absolute atomic E-state index is 12.4. The second-order valence-electron chi connectivity index (χ2n) is 5.47. The number of carbonyl (C=O) groups excluding carboxylic acids is 2. The van der Waals surface area contributed by atoms with Crippen molar-refractivity contribution in [2.24, 2.45) is 0 Å². The van der Waals surface area contributed by atoms with E-state index >= 15 is 0 Å². The molecule has 0 heterocycles. The number of halogens is 1. The maximum Gasteiger partial charge on any atom is 0.233 e. The molecule has 2 aromatic carbocycles. The first-order chi connectivity index (χ1) is 12.0. The summed E-state index contributed by atoms with van der Waals surface area (Å²) < 4.78 is 5.07. The van der Waals surface area contributed by atoms with E-state index in [2.05, 4.69) is 5.32 Å². The van der Waals surface area contributed by atoms with Crippen molar-refractivity contribution in [3.8, 4) is 5.75 Å². The van der Waals surface area contributed by atoms with Crippen LogP contribution in [0.1, 0.15) is 18.9 Å². The Balaban J connectivity index is 1.94. The highest BCUT2D eigenvalue weighted by Crippen LogP contribution is 2.27. The molecule has 0 bridgehead atoms. The summed E-state index contributed by atoms with van der Waals surface area (Å²) in [6.45, 7) is 2.91. The monoisotopic (exact) mass is 360 g/mol. The van der Waals surface area contributed by atoms with Crippen LogP contribution in [-0.2, 0) is 16.1 Å². The summed E-state index contributed by atoms with van der Waals surface area (Å²) in [6.07, 6.45) is -0.218. The highest BCUT2D eigenvalue weighted by molar-refractivity contribution is 6.32. The average molecular weight is 361 g/mol. The molecule has 0 fully saturated rings. The summed E-state index contributed by atoms with van der Waals surface area (Å²) in [7, 11) is 1.52. The Morgan fingerprint density at radius 2 is 1.88 bits per heavy atom. The number of carbonyl (C=O) groups is 2. The molecule has 0 aliphatic rings. The number of amides is 2. The minimum absolute atomic E-state index is 0.218. The minimum atomic E-state index is -0.377. The molecular formula is C19H21ClN2O3. The summed E-state index contributed by atoms with van der Waals surface area (Å²) in [5.41, 5.74) is 1.55. The number of methoxy groups -OCH3 is 1. The van der Waals surface area contributed by atoms with Crippen molar-refractivity contribution in [1.29, 1.82) is 0 Å². The zero-order valence-corrected chi connectivity index (χ0v) is 15.0. The van der Waals surface area contributed by atoms with Crippen molar-refractivity contribution in [2.75, 3.05) is 19.0 Å². The van der Waals surface area contributed by atoms with E-state index in [0.29, 0.717) is 29.5 Å². The van der Waals surface area contributed by atoms with Crippen LogP contribution < -0.4 is 10.1 Å². The van der Waals surface area contributed by atoms with Crippen LogP contribution in [0.3, 0.4) is 0 Å². The molecular weight excluding hydrogens is 340 g/mol. The summed E-state index contributed by atoms with van der Waals surface area (Å²) in [6, 6.07) is 14.6. The lowest BCUT2D eigenvalue weighted by atomic mass is 10.2. The van der Waals surface area contributed by atoms with Gasteiger partial charge in [0.15, 0.2) is 0 Å². The SMILES string of the molecule is CCN(Cc1ccccc1)C(=O)CC(=O)Nc1ccc(OC)c(Cl)c1. The molecule has 0 radical (unpaired) electrons. The number of nitrogens with zero attached hydrogens (tertiary/aromatic N) is 1. The minimum Gasteiger partial charge on any atom is -0.495 e. The molecule has 0 aliphatic heterocycles. The van der Waals surface area contributed by atoms with Gasteiger partial charge in [-0.3, -0.25) is 9.59 Å². The largest absolute Gasteiger partial charge is 0.495 e. The molecule has 0 spiro atoms. The molecule has 0 saturated heterocycles. The van der Waals surface area contributed by atoms with E-state index in [0.717, 1.165) is 5.56 Å². The number of rotatable bonds is 7. The van der Waals surface area contributed by atoms with Crippen molar-refractivity contribution in [3.05, 3.63) is 59.1 Å². The number of hydrogen-bond donors (Lipinski definition) is 1. The van der Waals surface area contributed by atoms with E-state index in [1.165, 1.54) is 7.11 Å². The van der Waals surface area contributed by atoms with Crippen molar-refractivity contribution in [3.63, 3.8) is 0 Å². The zero-order valence-electron chi connectivity index (χ0n) is 14.3. The quantitative estimate of drug-likeness (QED) is 0.765. The molecule has 0 aromatic heterocycles. The molecule has 2 aromatic rings. The van der Waals surface area contributed by atoms with Crippen molar-refractivity contribution in [2.45, 2.75) is 19.9 Å². The average Bonchev–Trinajstić information content (AvgIpc) is 2.60. The molecule has 0 unspecified atom stereocenters. The zero-order chi connectivity index (χ0) is 18.2. The van der Waals surface area contributed by atoms with Crippen molar-refractivity contribution < 1.29 is 14.3 Å². The van der Waals surface area contributed by atoms with Gasteiger partial charge in [0.1, 0.15) is 12.2 Å². The second-order valence-corrected chi connectivity index (χ2v) is 5.87. The van der Waals surface area contributed by atoms with E-state index in [1.807, 2.05) is 37.3 Å². The van der Waals surface area contributed by atoms with Gasteiger partial charge in [0.2, 0.25) is 11.8 Å². The number of benzene rings is 2. The van der Waals surface area contributed by atoms with E-state index in [-0.39, 0.29) is 18.2 Å². The first-order valence-electron chi connectivity index (χ1n) is 7.98. The Bertz CT molecular complexity index is 735. The highest BCUT2D eigenvalue weighted by atomic mass is 35.5. The second kappa shape index (κ2) is 9.08. The fourth-order valence-corrected chi connectivity index (χ4v) is 2.64. The third-order valence-electron chi connectivity index (χ3n) is 3.70. The molecule has 25 heavy (non-hydrogen) atoms. The predicted octanol–water partition coefficient (Wildman–Crippen LogP) is 3.73. The van der Waals surface area contributed by atoms with Gasteiger partial charge >= 0.3 is 0 Å². The van der Waals surface area contributed by atoms with Crippen LogP contribution in [0.5, 0.6) is 5.75 Å². The van der Waals surface area contributed by atoms with Gasteiger partial charge < -0.3 is 15.0 Å². The fourth-order valence-electron chi connectivity index (χ4n) is 2.38. The summed E-state index contributed by atoms with van der Waals surface area (Å²) in [4.78, 5) is 26.1. The Labute approximate surface area is 152 Å². The van der Waals surface area contributed by atoms with Crippen LogP contribution in [0.4, 0.5) is 5.69 Å². The van der Waals surface area contributed by atoms with Crippen LogP contribution in [0.25, 0.3) is 0 Å². The van der Waals surface area contributed by atoms with Gasteiger partial charge in [0, 0.05) is 18.8 Å². The molecule has 132 valence electrons. The van der Waals surface area contributed by atoms with E-state index in [9.17, 15) is 9.59 Å². The van der Waals surface area contributed by atoms with E-state index in [1.54, 1.807) is 23.1 Å². The molecule has 0 saturated carbocycles. The lowest BCUT2D eigenvalue weighted by Crippen LogP contribution is -2.33. The third-order valence-corrected chi connectivity index (χ3v) is 3.99. The third kappa shape index (κ3) is 5.50. The Kier molecular flexibility index (Phi) is 6.83. The van der Waals surface area contributed by atoms with Crippen molar-refractivity contribution in [1.82, 2.24) is 4.90 Å². The van der Waals surface area contributed by atoms with Crippen LogP contribution in [0.15, 0.2) is 48.5 Å². The first-order valence-corrected chi connectivity index (χ1v) is 8.36.